The van der Waals surface area contributed by atoms with Crippen LogP contribution in [0.4, 0.5) is 0 Å². The number of hydroxylamine groups is 1. The van der Waals surface area contributed by atoms with Crippen molar-refractivity contribution in [3.05, 3.63) is 47.5 Å². The molecule has 2 atom stereocenters. The highest BCUT2D eigenvalue weighted by Crippen LogP contribution is 2.55. The molecule has 0 aliphatic carbocycles. The van der Waals surface area contributed by atoms with Crippen molar-refractivity contribution >= 4 is 0 Å². The second-order valence-electron chi connectivity index (χ2n) is 7.86. The molecule has 3 rings (SSSR count). The first kappa shape index (κ1) is 25.5. The van der Waals surface area contributed by atoms with Gasteiger partial charge in [0, 0.05) is 26.0 Å². The van der Waals surface area contributed by atoms with E-state index in [1.165, 1.54) is 0 Å². The lowest BCUT2D eigenvalue weighted by atomic mass is 9.71. The maximum Gasteiger partial charge on any atom is 0.203 e. The van der Waals surface area contributed by atoms with Gasteiger partial charge in [-0.2, -0.15) is 0 Å². The number of nitrogens with one attached hydrogen (secondary N) is 1. The maximum atomic E-state index is 9.00. The zero-order valence-electron chi connectivity index (χ0n) is 20.4. The Morgan fingerprint density at radius 1 is 1.00 bits per heavy atom. The van der Waals surface area contributed by atoms with E-state index in [4.69, 9.17) is 33.6 Å². The fraction of sp³-hybridized carbons (Fsp3) is 0.462. The zero-order chi connectivity index (χ0) is 24.6. The minimum atomic E-state index is -1.05. The summed E-state index contributed by atoms with van der Waals surface area (Å²) in [6, 6.07) is 14.1. The van der Waals surface area contributed by atoms with Crippen LogP contribution in [-0.2, 0) is 15.1 Å². The predicted molar refractivity (Wildman–Crippen MR) is 127 cm³/mol. The van der Waals surface area contributed by atoms with Crippen molar-refractivity contribution < 1.29 is 33.6 Å². The van der Waals surface area contributed by atoms with Crippen LogP contribution in [-0.4, -0.2) is 52.5 Å². The van der Waals surface area contributed by atoms with Crippen molar-refractivity contribution in [2.45, 2.75) is 37.4 Å². The molecule has 0 amide bonds. The summed E-state index contributed by atoms with van der Waals surface area (Å²) in [5, 5.41) is 9.00. The SMILES string of the molecule is CCCOc1ccc(C2(c3cc(OC)c(OC)c(OC)c3)OCCC2(CC#CNO)OC)cc1. The van der Waals surface area contributed by atoms with Crippen LogP contribution in [0.2, 0.25) is 0 Å². The molecule has 1 fully saturated rings. The Labute approximate surface area is 201 Å². The van der Waals surface area contributed by atoms with Gasteiger partial charge in [0.05, 0.1) is 34.5 Å². The van der Waals surface area contributed by atoms with Crippen LogP contribution in [0.5, 0.6) is 23.0 Å². The third kappa shape index (κ3) is 4.47. The Hall–Kier alpha value is -3.12. The topological polar surface area (TPSA) is 87.6 Å². The molecule has 1 saturated heterocycles. The first-order valence-electron chi connectivity index (χ1n) is 11.2. The zero-order valence-corrected chi connectivity index (χ0v) is 20.4. The van der Waals surface area contributed by atoms with Crippen LogP contribution in [0.25, 0.3) is 0 Å². The summed E-state index contributed by atoms with van der Waals surface area (Å²) in [4.78, 5) is 0. The van der Waals surface area contributed by atoms with Crippen molar-refractivity contribution in [2.75, 3.05) is 41.7 Å². The standard InChI is InChI=1S/C26H33NO7/c1-6-15-33-21-10-8-19(9-11-21)26(25(32-5,13-16-34-26)12-7-14-27-28)20-17-22(29-2)24(31-4)23(18-20)30-3/h8-11,17-18,27-28H,6,12-13,15-16H2,1-5H3. The van der Waals surface area contributed by atoms with E-state index in [9.17, 15) is 0 Å². The first-order valence-corrected chi connectivity index (χ1v) is 11.2. The summed E-state index contributed by atoms with van der Waals surface area (Å²) in [6.45, 7) is 3.14. The monoisotopic (exact) mass is 471 g/mol. The molecule has 0 bridgehead atoms. The van der Waals surface area contributed by atoms with Gasteiger partial charge in [-0.25, -0.2) is 5.48 Å². The lowest BCUT2D eigenvalue weighted by Gasteiger charge is -2.44. The van der Waals surface area contributed by atoms with E-state index in [1.54, 1.807) is 28.4 Å². The minimum absolute atomic E-state index is 0.293. The summed E-state index contributed by atoms with van der Waals surface area (Å²) >= 11 is 0. The molecule has 8 nitrogen and oxygen atoms in total. The van der Waals surface area contributed by atoms with Crippen LogP contribution >= 0.6 is 0 Å². The average Bonchev–Trinajstić information content (AvgIpc) is 3.27. The molecule has 0 saturated carbocycles. The highest BCUT2D eigenvalue weighted by molar-refractivity contribution is 5.58. The lowest BCUT2D eigenvalue weighted by molar-refractivity contribution is -0.118. The fourth-order valence-corrected chi connectivity index (χ4v) is 4.58. The number of hydrogen-bond acceptors (Lipinski definition) is 8. The van der Waals surface area contributed by atoms with Crippen molar-refractivity contribution in [1.82, 2.24) is 5.48 Å². The van der Waals surface area contributed by atoms with E-state index in [0.29, 0.717) is 43.3 Å². The molecule has 2 unspecified atom stereocenters. The Balaban J connectivity index is 2.27. The smallest absolute Gasteiger partial charge is 0.203 e. The molecule has 184 valence electrons. The van der Waals surface area contributed by atoms with Gasteiger partial charge in [-0.3, -0.25) is 5.21 Å². The van der Waals surface area contributed by atoms with Gasteiger partial charge in [0.2, 0.25) is 5.75 Å². The van der Waals surface area contributed by atoms with Gasteiger partial charge < -0.3 is 28.4 Å². The van der Waals surface area contributed by atoms with Crippen LogP contribution < -0.4 is 24.4 Å². The quantitative estimate of drug-likeness (QED) is 0.307. The fourth-order valence-electron chi connectivity index (χ4n) is 4.58. The Morgan fingerprint density at radius 2 is 1.68 bits per heavy atom. The van der Waals surface area contributed by atoms with Gasteiger partial charge in [0.1, 0.15) is 17.0 Å². The summed E-state index contributed by atoms with van der Waals surface area (Å²) in [7, 11) is 6.36. The predicted octanol–water partition coefficient (Wildman–Crippen LogP) is 3.88. The molecule has 0 aromatic heterocycles. The van der Waals surface area contributed by atoms with Gasteiger partial charge >= 0.3 is 0 Å². The largest absolute Gasteiger partial charge is 0.494 e. The molecule has 0 spiro atoms. The summed E-state index contributed by atoms with van der Waals surface area (Å²) in [6.07, 6.45) is 1.79. The van der Waals surface area contributed by atoms with Gasteiger partial charge in [-0.1, -0.05) is 25.0 Å². The summed E-state index contributed by atoms with van der Waals surface area (Å²) < 4.78 is 35.3. The molecular formula is C26H33NO7. The van der Waals surface area contributed by atoms with E-state index >= 15 is 0 Å². The van der Waals surface area contributed by atoms with Gasteiger partial charge in [0.25, 0.3) is 0 Å². The lowest BCUT2D eigenvalue weighted by Crippen LogP contribution is -2.50. The van der Waals surface area contributed by atoms with Crippen molar-refractivity contribution in [3.8, 4) is 35.0 Å². The van der Waals surface area contributed by atoms with Crippen LogP contribution in [0.1, 0.15) is 37.3 Å². The van der Waals surface area contributed by atoms with Crippen LogP contribution in [0, 0.1) is 12.0 Å². The third-order valence-corrected chi connectivity index (χ3v) is 6.18. The van der Waals surface area contributed by atoms with E-state index in [-0.39, 0.29) is 0 Å². The van der Waals surface area contributed by atoms with E-state index in [0.717, 1.165) is 23.3 Å². The molecule has 2 aromatic carbocycles. The van der Waals surface area contributed by atoms with E-state index in [1.807, 2.05) is 41.9 Å². The van der Waals surface area contributed by atoms with E-state index < -0.39 is 11.2 Å². The number of ether oxygens (including phenoxy) is 6. The molecule has 1 heterocycles. The number of benzene rings is 2. The number of methoxy groups -OCH3 is 4. The summed E-state index contributed by atoms with van der Waals surface area (Å²) in [5.74, 6) is 5.22. The van der Waals surface area contributed by atoms with Crippen LogP contribution in [0.15, 0.2) is 36.4 Å². The molecule has 2 N–H and O–H groups in total. The van der Waals surface area contributed by atoms with Crippen molar-refractivity contribution in [2.24, 2.45) is 0 Å². The second kappa shape index (κ2) is 11.3. The Kier molecular flexibility index (Phi) is 8.51. The minimum Gasteiger partial charge on any atom is -0.494 e. The molecule has 34 heavy (non-hydrogen) atoms. The normalized spacial score (nSPS) is 21.4. The van der Waals surface area contributed by atoms with Gasteiger partial charge in [-0.05, 0) is 41.8 Å². The first-order chi connectivity index (χ1) is 16.5. The number of rotatable bonds is 10. The molecule has 2 aromatic rings. The molecule has 1 aliphatic rings. The number of hydrogen-bond donors (Lipinski definition) is 2. The Bertz CT molecular complexity index is 989. The van der Waals surface area contributed by atoms with Gasteiger partial charge in [-0.15, -0.1) is 0 Å². The summed E-state index contributed by atoms with van der Waals surface area (Å²) in [5.41, 5.74) is 1.60. The van der Waals surface area contributed by atoms with Crippen molar-refractivity contribution in [3.63, 3.8) is 0 Å². The van der Waals surface area contributed by atoms with Crippen LogP contribution in [0.3, 0.4) is 0 Å². The Morgan fingerprint density at radius 3 is 2.21 bits per heavy atom. The maximum absolute atomic E-state index is 9.00. The van der Waals surface area contributed by atoms with Gasteiger partial charge in [0.15, 0.2) is 11.5 Å². The average molecular weight is 472 g/mol. The highest BCUT2D eigenvalue weighted by Gasteiger charge is 2.59. The second-order valence-corrected chi connectivity index (χ2v) is 7.86. The third-order valence-electron chi connectivity index (χ3n) is 6.18. The molecule has 0 radical (unpaired) electrons. The van der Waals surface area contributed by atoms with E-state index in [2.05, 4.69) is 18.9 Å². The van der Waals surface area contributed by atoms with Crippen molar-refractivity contribution in [1.29, 1.82) is 0 Å². The molecule has 8 heteroatoms. The highest BCUT2D eigenvalue weighted by atomic mass is 16.6. The molecular weight excluding hydrogens is 438 g/mol. The molecule has 1 aliphatic heterocycles.